The van der Waals surface area contributed by atoms with Crippen LogP contribution in [0.5, 0.6) is 0 Å². The number of likely N-dealkylation sites (tertiary alicyclic amines) is 1. The predicted octanol–water partition coefficient (Wildman–Crippen LogP) is 1.57. The van der Waals surface area contributed by atoms with Crippen LogP contribution in [0.25, 0.3) is 0 Å². The van der Waals surface area contributed by atoms with Gasteiger partial charge in [-0.05, 0) is 45.2 Å². The second-order valence-corrected chi connectivity index (χ2v) is 7.37. The van der Waals surface area contributed by atoms with Gasteiger partial charge in [0, 0.05) is 18.3 Å². The van der Waals surface area contributed by atoms with E-state index in [0.717, 1.165) is 25.9 Å². The van der Waals surface area contributed by atoms with Crippen molar-refractivity contribution in [2.45, 2.75) is 44.3 Å². The molecular formula is C15H26N2O3S. The van der Waals surface area contributed by atoms with E-state index in [1.165, 1.54) is 0 Å². The summed E-state index contributed by atoms with van der Waals surface area (Å²) in [7, 11) is 0. The molecule has 0 aromatic rings. The van der Waals surface area contributed by atoms with Crippen molar-refractivity contribution in [1.29, 1.82) is 0 Å². The summed E-state index contributed by atoms with van der Waals surface area (Å²) < 4.78 is 0. The summed E-state index contributed by atoms with van der Waals surface area (Å²) in [5.74, 6) is 0.00597. The molecule has 2 heterocycles. The van der Waals surface area contributed by atoms with Crippen molar-refractivity contribution in [2.24, 2.45) is 5.41 Å². The molecule has 120 valence electrons. The molecule has 0 bridgehead atoms. The van der Waals surface area contributed by atoms with E-state index >= 15 is 0 Å². The quantitative estimate of drug-likeness (QED) is 0.806. The number of carbonyl (C=O) groups is 2. The van der Waals surface area contributed by atoms with Gasteiger partial charge in [-0.1, -0.05) is 6.92 Å². The Balaban J connectivity index is 1.76. The van der Waals surface area contributed by atoms with Crippen molar-refractivity contribution in [3.8, 4) is 0 Å². The lowest BCUT2D eigenvalue weighted by atomic mass is 9.76. The summed E-state index contributed by atoms with van der Waals surface area (Å²) in [6.45, 7) is 5.20. The summed E-state index contributed by atoms with van der Waals surface area (Å²) >= 11 is 1.76. The van der Waals surface area contributed by atoms with Crippen LogP contribution in [0, 0.1) is 5.41 Å². The number of piperidine rings is 2. The number of nitrogens with zero attached hydrogens (tertiary/aromatic N) is 1. The maximum atomic E-state index is 12.3. The van der Waals surface area contributed by atoms with E-state index in [2.05, 4.69) is 5.32 Å². The van der Waals surface area contributed by atoms with Gasteiger partial charge in [0.1, 0.15) is 0 Å². The van der Waals surface area contributed by atoms with E-state index in [1.807, 2.05) is 11.8 Å². The van der Waals surface area contributed by atoms with Crippen molar-refractivity contribution < 1.29 is 14.7 Å². The van der Waals surface area contributed by atoms with Gasteiger partial charge in [0.05, 0.1) is 11.2 Å². The number of nitrogens with one attached hydrogen (secondary N) is 1. The molecule has 21 heavy (non-hydrogen) atoms. The molecule has 2 fully saturated rings. The number of aliphatic carboxylic acids is 1. The number of carboxylic acid groups (broad SMARTS) is 1. The third-order valence-electron chi connectivity index (χ3n) is 4.93. The number of carboxylic acids is 1. The Kier molecular flexibility index (Phi) is 5.93. The molecule has 0 radical (unpaired) electrons. The van der Waals surface area contributed by atoms with Crippen LogP contribution in [-0.2, 0) is 9.59 Å². The number of amides is 1. The minimum atomic E-state index is -0.707. The van der Waals surface area contributed by atoms with E-state index in [-0.39, 0.29) is 5.91 Å². The molecule has 0 aromatic carbocycles. The fourth-order valence-electron chi connectivity index (χ4n) is 3.15. The number of carbonyl (C=O) groups excluding carboxylic acids is 1. The first-order valence-corrected chi connectivity index (χ1v) is 8.96. The number of hydrogen-bond acceptors (Lipinski definition) is 4. The summed E-state index contributed by atoms with van der Waals surface area (Å²) in [6.07, 6.45) is 4.09. The molecule has 0 aliphatic carbocycles. The molecule has 0 saturated carbocycles. The molecule has 0 unspecified atom stereocenters. The smallest absolute Gasteiger partial charge is 0.309 e. The summed E-state index contributed by atoms with van der Waals surface area (Å²) in [4.78, 5) is 25.5. The van der Waals surface area contributed by atoms with Gasteiger partial charge in [0.15, 0.2) is 0 Å². The summed E-state index contributed by atoms with van der Waals surface area (Å²) in [6, 6.07) is 0. The van der Waals surface area contributed by atoms with Crippen LogP contribution in [0.15, 0.2) is 0 Å². The number of rotatable bonds is 5. The lowest BCUT2D eigenvalue weighted by Crippen LogP contribution is -2.47. The van der Waals surface area contributed by atoms with Crippen LogP contribution in [0.2, 0.25) is 0 Å². The first-order chi connectivity index (χ1) is 10.1. The zero-order valence-electron chi connectivity index (χ0n) is 12.8. The second-order valence-electron chi connectivity index (χ2n) is 6.08. The van der Waals surface area contributed by atoms with Gasteiger partial charge in [-0.2, -0.15) is 0 Å². The standard InChI is InChI=1S/C15H26N2O3S/c1-2-15(14(19)20)5-9-17(10-6-15)13(18)11-21-12-3-7-16-8-4-12/h12,16H,2-11H2,1H3,(H,19,20). The van der Waals surface area contributed by atoms with Crippen molar-refractivity contribution in [1.82, 2.24) is 10.2 Å². The molecular weight excluding hydrogens is 288 g/mol. The molecule has 2 aliphatic rings. The fraction of sp³-hybridized carbons (Fsp3) is 0.867. The molecule has 2 rings (SSSR count). The molecule has 2 saturated heterocycles. The molecule has 1 amide bonds. The van der Waals surface area contributed by atoms with Crippen LogP contribution in [0.3, 0.4) is 0 Å². The van der Waals surface area contributed by atoms with Gasteiger partial charge in [-0.3, -0.25) is 9.59 Å². The van der Waals surface area contributed by atoms with Crippen molar-refractivity contribution in [2.75, 3.05) is 31.9 Å². The number of hydrogen-bond donors (Lipinski definition) is 2. The van der Waals surface area contributed by atoms with Gasteiger partial charge in [-0.15, -0.1) is 11.8 Å². The van der Waals surface area contributed by atoms with Crippen LogP contribution >= 0.6 is 11.8 Å². The Morgan fingerprint density at radius 3 is 2.43 bits per heavy atom. The maximum absolute atomic E-state index is 12.3. The zero-order chi connectivity index (χ0) is 15.3. The largest absolute Gasteiger partial charge is 0.481 e. The molecule has 2 aliphatic heterocycles. The van der Waals surface area contributed by atoms with Crippen LogP contribution in [0.1, 0.15) is 39.0 Å². The minimum absolute atomic E-state index is 0.175. The summed E-state index contributed by atoms with van der Waals surface area (Å²) in [5, 5.41) is 13.3. The van der Waals surface area contributed by atoms with E-state index in [9.17, 15) is 14.7 Å². The van der Waals surface area contributed by atoms with Gasteiger partial charge < -0.3 is 15.3 Å². The van der Waals surface area contributed by atoms with Crippen LogP contribution in [0.4, 0.5) is 0 Å². The molecule has 0 spiro atoms. The Morgan fingerprint density at radius 2 is 1.90 bits per heavy atom. The zero-order valence-corrected chi connectivity index (χ0v) is 13.6. The van der Waals surface area contributed by atoms with Crippen LogP contribution in [-0.4, -0.2) is 59.1 Å². The Bertz CT molecular complexity index is 375. The summed E-state index contributed by atoms with van der Waals surface area (Å²) in [5.41, 5.74) is -0.612. The topological polar surface area (TPSA) is 69.6 Å². The fourth-order valence-corrected chi connectivity index (χ4v) is 4.28. The van der Waals surface area contributed by atoms with Crippen LogP contribution < -0.4 is 5.32 Å². The Labute approximate surface area is 130 Å². The van der Waals surface area contributed by atoms with Gasteiger partial charge in [0.2, 0.25) is 5.91 Å². The van der Waals surface area contributed by atoms with Gasteiger partial charge >= 0.3 is 5.97 Å². The third-order valence-corrected chi connectivity index (χ3v) is 6.29. The highest BCUT2D eigenvalue weighted by Gasteiger charge is 2.40. The average Bonchev–Trinajstić information content (AvgIpc) is 2.53. The van der Waals surface area contributed by atoms with E-state index in [0.29, 0.717) is 43.4 Å². The van der Waals surface area contributed by atoms with Gasteiger partial charge in [0.25, 0.3) is 0 Å². The normalized spacial score (nSPS) is 23.0. The SMILES string of the molecule is CCC1(C(=O)O)CCN(C(=O)CSC2CCNCC2)CC1. The molecule has 0 atom stereocenters. The lowest BCUT2D eigenvalue weighted by molar-refractivity contribution is -0.154. The number of thioether (sulfide) groups is 1. The first-order valence-electron chi connectivity index (χ1n) is 7.91. The van der Waals surface area contributed by atoms with E-state index in [1.54, 1.807) is 11.8 Å². The third kappa shape index (κ3) is 4.13. The Morgan fingerprint density at radius 1 is 1.29 bits per heavy atom. The molecule has 5 nitrogen and oxygen atoms in total. The molecule has 0 aromatic heterocycles. The van der Waals surface area contributed by atoms with Gasteiger partial charge in [-0.25, -0.2) is 0 Å². The highest BCUT2D eigenvalue weighted by molar-refractivity contribution is 8.00. The molecule has 2 N–H and O–H groups in total. The predicted molar refractivity (Wildman–Crippen MR) is 84.5 cm³/mol. The maximum Gasteiger partial charge on any atom is 0.309 e. The molecule has 6 heteroatoms. The average molecular weight is 314 g/mol. The van der Waals surface area contributed by atoms with Crippen molar-refractivity contribution >= 4 is 23.6 Å². The van der Waals surface area contributed by atoms with Crippen molar-refractivity contribution in [3.63, 3.8) is 0 Å². The monoisotopic (exact) mass is 314 g/mol. The Hall–Kier alpha value is -0.750. The minimum Gasteiger partial charge on any atom is -0.481 e. The lowest BCUT2D eigenvalue weighted by Gasteiger charge is -2.38. The highest BCUT2D eigenvalue weighted by Crippen LogP contribution is 2.35. The van der Waals surface area contributed by atoms with E-state index < -0.39 is 11.4 Å². The highest BCUT2D eigenvalue weighted by atomic mass is 32.2. The second kappa shape index (κ2) is 7.49. The first kappa shape index (κ1) is 16.6. The van der Waals surface area contributed by atoms with Crippen molar-refractivity contribution in [3.05, 3.63) is 0 Å². The van der Waals surface area contributed by atoms with E-state index in [4.69, 9.17) is 0 Å².